The van der Waals surface area contributed by atoms with Gasteiger partial charge in [0.2, 0.25) is 0 Å². The lowest BCUT2D eigenvalue weighted by molar-refractivity contribution is 0.0955. The number of halogens is 1. The van der Waals surface area contributed by atoms with Crippen molar-refractivity contribution in [3.63, 3.8) is 0 Å². The molecule has 22 heavy (non-hydrogen) atoms. The highest BCUT2D eigenvalue weighted by atomic mass is 79.9. The van der Waals surface area contributed by atoms with E-state index < -0.39 is 0 Å². The third-order valence-electron chi connectivity index (χ3n) is 2.81. The van der Waals surface area contributed by atoms with Crippen molar-refractivity contribution in [3.05, 3.63) is 70.2 Å². The van der Waals surface area contributed by atoms with Gasteiger partial charge in [0.05, 0.1) is 13.3 Å². The molecule has 0 saturated heterocycles. The van der Waals surface area contributed by atoms with Crippen LogP contribution in [0.25, 0.3) is 6.08 Å². The molecule has 0 atom stereocenters. The van der Waals surface area contributed by atoms with Gasteiger partial charge < -0.3 is 4.74 Å². The summed E-state index contributed by atoms with van der Waals surface area (Å²) in [4.78, 5) is 11.9. The van der Waals surface area contributed by atoms with E-state index in [1.165, 1.54) is 6.21 Å². The number of hydrazone groups is 1. The summed E-state index contributed by atoms with van der Waals surface area (Å²) >= 11 is 3.38. The fourth-order valence-electron chi connectivity index (χ4n) is 1.71. The molecular formula is C17H15BrN2O2. The van der Waals surface area contributed by atoms with Crippen molar-refractivity contribution >= 4 is 34.1 Å². The minimum absolute atomic E-state index is 0.279. The number of nitrogens with zero attached hydrogens (tertiary/aromatic N) is 1. The van der Waals surface area contributed by atoms with Crippen LogP contribution >= 0.6 is 15.9 Å². The molecule has 0 radical (unpaired) electrons. The predicted molar refractivity (Wildman–Crippen MR) is 92.3 cm³/mol. The number of methoxy groups -OCH3 is 1. The predicted octanol–water partition coefficient (Wildman–Crippen LogP) is 3.85. The lowest BCUT2D eigenvalue weighted by atomic mass is 10.2. The molecule has 5 heteroatoms. The lowest BCUT2D eigenvalue weighted by Crippen LogP contribution is -2.17. The van der Waals surface area contributed by atoms with Gasteiger partial charge in [-0.3, -0.25) is 4.79 Å². The van der Waals surface area contributed by atoms with Crippen molar-refractivity contribution in [1.82, 2.24) is 5.43 Å². The highest BCUT2D eigenvalue weighted by molar-refractivity contribution is 9.12. The number of amides is 1. The SMILES string of the molecule is COc1ccc(C(=O)N/N=C\C(Br)=C\c2ccccc2)cc1. The Morgan fingerprint density at radius 3 is 2.45 bits per heavy atom. The standard InChI is InChI=1S/C17H15BrN2O2/c1-22-16-9-7-14(8-10-16)17(21)20-19-12-15(18)11-13-5-3-2-4-6-13/h2-12H,1H3,(H,20,21)/b15-11-,19-12-. The van der Waals surface area contributed by atoms with Crippen LogP contribution in [-0.2, 0) is 0 Å². The first kappa shape index (κ1) is 16.0. The van der Waals surface area contributed by atoms with Crippen molar-refractivity contribution in [2.24, 2.45) is 5.10 Å². The zero-order valence-corrected chi connectivity index (χ0v) is 13.6. The quantitative estimate of drug-likeness (QED) is 0.651. The van der Waals surface area contributed by atoms with Gasteiger partial charge in [-0.05, 0) is 51.8 Å². The minimum atomic E-state index is -0.279. The molecule has 0 aliphatic heterocycles. The average Bonchev–Trinajstić information content (AvgIpc) is 2.55. The Morgan fingerprint density at radius 1 is 1.14 bits per heavy atom. The lowest BCUT2D eigenvalue weighted by Gasteiger charge is -2.02. The van der Waals surface area contributed by atoms with E-state index in [2.05, 4.69) is 26.5 Å². The van der Waals surface area contributed by atoms with Crippen molar-refractivity contribution < 1.29 is 9.53 Å². The van der Waals surface area contributed by atoms with Gasteiger partial charge in [-0.2, -0.15) is 5.10 Å². The Balaban J connectivity index is 1.93. The fourth-order valence-corrected chi connectivity index (χ4v) is 2.07. The normalized spacial score (nSPS) is 11.5. The monoisotopic (exact) mass is 358 g/mol. The molecule has 0 bridgehead atoms. The topological polar surface area (TPSA) is 50.7 Å². The van der Waals surface area contributed by atoms with E-state index in [1.54, 1.807) is 31.4 Å². The molecule has 0 aliphatic rings. The van der Waals surface area contributed by atoms with Gasteiger partial charge in [-0.15, -0.1) is 0 Å². The molecule has 1 amide bonds. The summed E-state index contributed by atoms with van der Waals surface area (Å²) in [5, 5.41) is 3.92. The largest absolute Gasteiger partial charge is 0.497 e. The molecule has 0 fully saturated rings. The average molecular weight is 359 g/mol. The number of nitrogens with one attached hydrogen (secondary N) is 1. The second kappa shape index (κ2) is 8.14. The van der Waals surface area contributed by atoms with E-state index in [4.69, 9.17) is 4.74 Å². The summed E-state index contributed by atoms with van der Waals surface area (Å²) in [7, 11) is 1.58. The van der Waals surface area contributed by atoms with E-state index in [1.807, 2.05) is 36.4 Å². The molecule has 0 heterocycles. The van der Waals surface area contributed by atoms with Crippen LogP contribution in [0.4, 0.5) is 0 Å². The number of hydrogen-bond donors (Lipinski definition) is 1. The van der Waals surface area contributed by atoms with Crippen molar-refractivity contribution in [3.8, 4) is 5.75 Å². The first-order valence-corrected chi connectivity index (χ1v) is 7.38. The fraction of sp³-hybridized carbons (Fsp3) is 0.0588. The molecule has 112 valence electrons. The molecule has 0 aliphatic carbocycles. The summed E-state index contributed by atoms with van der Waals surface area (Å²) in [5.74, 6) is 0.424. The van der Waals surface area contributed by atoms with Crippen LogP contribution in [0.2, 0.25) is 0 Å². The maximum atomic E-state index is 11.9. The molecule has 2 aromatic rings. The second-order valence-electron chi connectivity index (χ2n) is 4.37. The molecule has 0 unspecified atom stereocenters. The van der Waals surface area contributed by atoms with Gasteiger partial charge in [-0.25, -0.2) is 5.43 Å². The van der Waals surface area contributed by atoms with E-state index in [-0.39, 0.29) is 5.91 Å². The van der Waals surface area contributed by atoms with Crippen molar-refractivity contribution in [1.29, 1.82) is 0 Å². The highest BCUT2D eigenvalue weighted by Crippen LogP contribution is 2.11. The third-order valence-corrected chi connectivity index (χ3v) is 3.24. The minimum Gasteiger partial charge on any atom is -0.497 e. The van der Waals surface area contributed by atoms with Crippen LogP contribution in [-0.4, -0.2) is 19.2 Å². The van der Waals surface area contributed by atoms with Crippen LogP contribution in [0, 0.1) is 0 Å². The van der Waals surface area contributed by atoms with Gasteiger partial charge >= 0.3 is 0 Å². The summed E-state index contributed by atoms with van der Waals surface area (Å²) in [6, 6.07) is 16.6. The smallest absolute Gasteiger partial charge is 0.271 e. The zero-order chi connectivity index (χ0) is 15.8. The number of carbonyl (C=O) groups excluding carboxylic acids is 1. The van der Waals surface area contributed by atoms with Gasteiger partial charge in [0.25, 0.3) is 5.91 Å². The molecule has 4 nitrogen and oxygen atoms in total. The van der Waals surface area contributed by atoms with Crippen LogP contribution < -0.4 is 10.2 Å². The number of allylic oxidation sites excluding steroid dienone is 1. The van der Waals surface area contributed by atoms with Crippen LogP contribution in [0.15, 0.2) is 64.2 Å². The summed E-state index contributed by atoms with van der Waals surface area (Å²) < 4.78 is 5.80. The van der Waals surface area contributed by atoms with E-state index in [0.29, 0.717) is 11.3 Å². The Labute approximate surface area is 137 Å². The van der Waals surface area contributed by atoms with E-state index in [0.717, 1.165) is 10.0 Å². The second-order valence-corrected chi connectivity index (χ2v) is 5.28. The van der Waals surface area contributed by atoms with Gasteiger partial charge in [-0.1, -0.05) is 30.3 Å². The Hall–Kier alpha value is -2.40. The van der Waals surface area contributed by atoms with Crippen LogP contribution in [0.1, 0.15) is 15.9 Å². The maximum Gasteiger partial charge on any atom is 0.271 e. The van der Waals surface area contributed by atoms with Crippen molar-refractivity contribution in [2.75, 3.05) is 7.11 Å². The molecule has 0 spiro atoms. The maximum absolute atomic E-state index is 11.9. The molecule has 2 aromatic carbocycles. The highest BCUT2D eigenvalue weighted by Gasteiger charge is 2.03. The first-order valence-electron chi connectivity index (χ1n) is 6.59. The molecule has 1 N–H and O–H groups in total. The Morgan fingerprint density at radius 2 is 1.82 bits per heavy atom. The summed E-state index contributed by atoms with van der Waals surface area (Å²) in [6.45, 7) is 0. The van der Waals surface area contributed by atoms with E-state index >= 15 is 0 Å². The number of ether oxygens (including phenoxy) is 1. The number of rotatable bonds is 5. The molecule has 0 saturated carbocycles. The zero-order valence-electron chi connectivity index (χ0n) is 12.0. The number of carbonyl (C=O) groups is 1. The summed E-state index contributed by atoms with van der Waals surface area (Å²) in [5.41, 5.74) is 4.03. The molecular weight excluding hydrogens is 344 g/mol. The van der Waals surface area contributed by atoms with Crippen LogP contribution in [0.3, 0.4) is 0 Å². The van der Waals surface area contributed by atoms with Crippen LogP contribution in [0.5, 0.6) is 5.75 Å². The Kier molecular flexibility index (Phi) is 5.91. The molecule has 0 aromatic heterocycles. The number of benzene rings is 2. The molecule has 2 rings (SSSR count). The van der Waals surface area contributed by atoms with Gasteiger partial charge in [0.1, 0.15) is 5.75 Å². The number of hydrogen-bond acceptors (Lipinski definition) is 3. The van der Waals surface area contributed by atoms with E-state index in [9.17, 15) is 4.79 Å². The van der Waals surface area contributed by atoms with Crippen molar-refractivity contribution in [2.45, 2.75) is 0 Å². The Bertz CT molecular complexity index is 680. The van der Waals surface area contributed by atoms with Gasteiger partial charge in [0, 0.05) is 10.0 Å². The summed E-state index contributed by atoms with van der Waals surface area (Å²) in [6.07, 6.45) is 3.44. The van der Waals surface area contributed by atoms with Gasteiger partial charge in [0.15, 0.2) is 0 Å². The first-order chi connectivity index (χ1) is 10.7. The third kappa shape index (κ3) is 4.86.